The molecule has 0 unspecified atom stereocenters. The summed E-state index contributed by atoms with van der Waals surface area (Å²) < 4.78 is 5.95. The quantitative estimate of drug-likeness (QED) is 0.453. The summed E-state index contributed by atoms with van der Waals surface area (Å²) in [6.07, 6.45) is 24.8. The maximum atomic E-state index is 5.95. The van der Waals surface area contributed by atoms with Gasteiger partial charge in [0, 0.05) is 0 Å². The van der Waals surface area contributed by atoms with E-state index in [9.17, 15) is 0 Å². The largest absolute Gasteiger partial charge is 0.374 e. The standard InChI is InChI=1S/C22H38O/c1-3-5-7-8-9-19-10-12-20(13-11-19)21-14-16-22(17-15-21)23-18-6-4-2/h4-7,19-22H,3,8-18H2,1-2H3/b6-4+,7-5+/t19-,20-,21-,22-. The summed E-state index contributed by atoms with van der Waals surface area (Å²) in [5, 5.41) is 0. The van der Waals surface area contributed by atoms with Gasteiger partial charge < -0.3 is 4.74 Å². The molecule has 2 saturated carbocycles. The van der Waals surface area contributed by atoms with Gasteiger partial charge >= 0.3 is 0 Å². The number of hydrogen-bond acceptors (Lipinski definition) is 1. The van der Waals surface area contributed by atoms with Gasteiger partial charge in [0.15, 0.2) is 0 Å². The van der Waals surface area contributed by atoms with Crippen LogP contribution in [0.4, 0.5) is 0 Å². The minimum atomic E-state index is 0.532. The van der Waals surface area contributed by atoms with Gasteiger partial charge in [-0.25, -0.2) is 0 Å². The van der Waals surface area contributed by atoms with Gasteiger partial charge in [0.2, 0.25) is 0 Å². The second kappa shape index (κ2) is 11.1. The summed E-state index contributed by atoms with van der Waals surface area (Å²) in [5.41, 5.74) is 0. The molecule has 0 amide bonds. The highest BCUT2D eigenvalue weighted by Crippen LogP contribution is 2.41. The van der Waals surface area contributed by atoms with E-state index in [-0.39, 0.29) is 0 Å². The topological polar surface area (TPSA) is 9.23 Å². The van der Waals surface area contributed by atoms with Crippen LogP contribution in [0.25, 0.3) is 0 Å². The Hall–Kier alpha value is -0.560. The van der Waals surface area contributed by atoms with Gasteiger partial charge in [-0.05, 0) is 82.5 Å². The monoisotopic (exact) mass is 318 g/mol. The van der Waals surface area contributed by atoms with Crippen molar-refractivity contribution in [3.05, 3.63) is 24.3 Å². The van der Waals surface area contributed by atoms with Crippen molar-refractivity contribution >= 4 is 0 Å². The molecule has 0 spiro atoms. The highest BCUT2D eigenvalue weighted by Gasteiger charge is 2.30. The highest BCUT2D eigenvalue weighted by atomic mass is 16.5. The van der Waals surface area contributed by atoms with Crippen LogP contribution in [0, 0.1) is 17.8 Å². The average molecular weight is 319 g/mol. The molecule has 23 heavy (non-hydrogen) atoms. The zero-order chi connectivity index (χ0) is 16.3. The molecule has 0 aromatic heterocycles. The summed E-state index contributed by atoms with van der Waals surface area (Å²) in [6, 6.07) is 0. The molecule has 0 radical (unpaired) electrons. The molecular weight excluding hydrogens is 280 g/mol. The third-order valence-electron chi connectivity index (χ3n) is 6.08. The van der Waals surface area contributed by atoms with Crippen molar-refractivity contribution in [1.82, 2.24) is 0 Å². The lowest BCUT2D eigenvalue weighted by molar-refractivity contribution is 0.0210. The van der Waals surface area contributed by atoms with Crippen LogP contribution >= 0.6 is 0 Å². The summed E-state index contributed by atoms with van der Waals surface area (Å²) in [4.78, 5) is 0. The second-order valence-corrected chi connectivity index (χ2v) is 7.68. The predicted octanol–water partition coefficient (Wildman–Crippen LogP) is 6.69. The zero-order valence-corrected chi connectivity index (χ0v) is 15.5. The SMILES string of the molecule is C/C=C/CO[C@H]1CC[C@H]([C@H]2CC[C@H](CC/C=C/CC)CC2)CC1. The smallest absolute Gasteiger partial charge is 0.0651 e. The van der Waals surface area contributed by atoms with Gasteiger partial charge in [-0.2, -0.15) is 0 Å². The number of rotatable bonds is 8. The third kappa shape index (κ3) is 6.83. The van der Waals surface area contributed by atoms with Crippen LogP contribution in [0.2, 0.25) is 0 Å². The van der Waals surface area contributed by atoms with E-state index in [1.807, 2.05) is 0 Å². The Morgan fingerprint density at radius 2 is 1.48 bits per heavy atom. The van der Waals surface area contributed by atoms with E-state index < -0.39 is 0 Å². The molecule has 1 heteroatoms. The molecule has 0 saturated heterocycles. The fraction of sp³-hybridized carbons (Fsp3) is 0.818. The van der Waals surface area contributed by atoms with Gasteiger partial charge in [-0.1, -0.05) is 44.1 Å². The van der Waals surface area contributed by atoms with Crippen LogP contribution in [0.1, 0.15) is 84.5 Å². The zero-order valence-electron chi connectivity index (χ0n) is 15.5. The molecule has 2 rings (SSSR count). The summed E-state index contributed by atoms with van der Waals surface area (Å²) in [7, 11) is 0. The number of ether oxygens (including phenoxy) is 1. The van der Waals surface area contributed by atoms with Crippen molar-refractivity contribution < 1.29 is 4.74 Å². The lowest BCUT2D eigenvalue weighted by Crippen LogP contribution is -2.28. The molecule has 0 N–H and O–H groups in total. The van der Waals surface area contributed by atoms with Gasteiger partial charge in [-0.3, -0.25) is 0 Å². The maximum Gasteiger partial charge on any atom is 0.0651 e. The molecule has 0 aliphatic heterocycles. The van der Waals surface area contributed by atoms with Crippen LogP contribution in [-0.2, 0) is 4.74 Å². The minimum Gasteiger partial charge on any atom is -0.374 e. The first-order valence-electron chi connectivity index (χ1n) is 10.2. The Morgan fingerprint density at radius 1 is 0.826 bits per heavy atom. The maximum absolute atomic E-state index is 5.95. The fourth-order valence-corrected chi connectivity index (χ4v) is 4.58. The molecule has 0 atom stereocenters. The molecule has 2 aliphatic rings. The molecule has 132 valence electrons. The van der Waals surface area contributed by atoms with Crippen LogP contribution in [0.15, 0.2) is 24.3 Å². The Labute approximate surface area is 144 Å². The van der Waals surface area contributed by atoms with Crippen molar-refractivity contribution in [3.63, 3.8) is 0 Å². The van der Waals surface area contributed by atoms with Crippen LogP contribution in [0.5, 0.6) is 0 Å². The fourth-order valence-electron chi connectivity index (χ4n) is 4.58. The van der Waals surface area contributed by atoms with Crippen molar-refractivity contribution in [1.29, 1.82) is 0 Å². The first kappa shape index (κ1) is 18.8. The summed E-state index contributed by atoms with van der Waals surface area (Å²) in [6.45, 7) is 5.10. The lowest BCUT2D eigenvalue weighted by atomic mass is 9.70. The van der Waals surface area contributed by atoms with E-state index in [1.54, 1.807) is 0 Å². The Kier molecular flexibility index (Phi) is 9.04. The van der Waals surface area contributed by atoms with Gasteiger partial charge in [0.1, 0.15) is 0 Å². The second-order valence-electron chi connectivity index (χ2n) is 7.68. The first-order chi connectivity index (χ1) is 11.3. The predicted molar refractivity (Wildman–Crippen MR) is 101 cm³/mol. The van der Waals surface area contributed by atoms with Crippen molar-refractivity contribution in [2.45, 2.75) is 90.6 Å². The molecule has 2 fully saturated rings. The van der Waals surface area contributed by atoms with E-state index in [2.05, 4.69) is 38.2 Å². The lowest BCUT2D eigenvalue weighted by Gasteiger charge is -2.37. The minimum absolute atomic E-state index is 0.532. The summed E-state index contributed by atoms with van der Waals surface area (Å²) in [5.74, 6) is 3.03. The normalized spacial score (nSPS) is 32.8. The van der Waals surface area contributed by atoms with Crippen molar-refractivity contribution in [3.8, 4) is 0 Å². The Bertz CT molecular complexity index is 341. The Balaban J connectivity index is 1.60. The van der Waals surface area contributed by atoms with E-state index in [4.69, 9.17) is 4.74 Å². The van der Waals surface area contributed by atoms with Crippen molar-refractivity contribution in [2.24, 2.45) is 17.8 Å². The van der Waals surface area contributed by atoms with Crippen LogP contribution in [0.3, 0.4) is 0 Å². The molecule has 1 nitrogen and oxygen atoms in total. The van der Waals surface area contributed by atoms with E-state index in [1.165, 1.54) is 70.6 Å². The molecule has 2 aliphatic carbocycles. The van der Waals surface area contributed by atoms with E-state index >= 15 is 0 Å². The molecule has 0 bridgehead atoms. The van der Waals surface area contributed by atoms with Gasteiger partial charge in [0.05, 0.1) is 12.7 Å². The van der Waals surface area contributed by atoms with Crippen LogP contribution in [-0.4, -0.2) is 12.7 Å². The number of allylic oxidation sites excluding steroid dienone is 3. The van der Waals surface area contributed by atoms with Crippen LogP contribution < -0.4 is 0 Å². The Morgan fingerprint density at radius 3 is 2.09 bits per heavy atom. The van der Waals surface area contributed by atoms with E-state index in [0.29, 0.717) is 6.10 Å². The molecule has 0 aromatic rings. The van der Waals surface area contributed by atoms with Crippen molar-refractivity contribution in [2.75, 3.05) is 6.61 Å². The number of hydrogen-bond donors (Lipinski definition) is 0. The highest BCUT2D eigenvalue weighted by molar-refractivity contribution is 4.85. The third-order valence-corrected chi connectivity index (χ3v) is 6.08. The molecule has 0 aromatic carbocycles. The molecule has 0 heterocycles. The van der Waals surface area contributed by atoms with Gasteiger partial charge in [0.25, 0.3) is 0 Å². The first-order valence-corrected chi connectivity index (χ1v) is 10.2. The van der Waals surface area contributed by atoms with E-state index in [0.717, 1.165) is 24.4 Å². The molecular formula is C22H38O. The summed E-state index contributed by atoms with van der Waals surface area (Å²) >= 11 is 0. The van der Waals surface area contributed by atoms with Gasteiger partial charge in [-0.15, -0.1) is 0 Å². The average Bonchev–Trinajstić information content (AvgIpc) is 2.60.